The standard InChI is InChI=1S/C13H28O/c1-5-7-9-10-12-13(3,14-4)11-8-6-2/h5-12H2,1-4H3. The predicted octanol–water partition coefficient (Wildman–Crippen LogP) is 4.55. The van der Waals surface area contributed by atoms with Crippen LogP contribution in [0.25, 0.3) is 0 Å². The van der Waals surface area contributed by atoms with Crippen LogP contribution < -0.4 is 0 Å². The number of methoxy groups -OCH3 is 1. The Morgan fingerprint density at radius 1 is 0.857 bits per heavy atom. The molecular formula is C13H28O. The molecular weight excluding hydrogens is 172 g/mol. The number of ether oxygens (including phenoxy) is 1. The van der Waals surface area contributed by atoms with Crippen molar-refractivity contribution in [3.8, 4) is 0 Å². The molecule has 1 nitrogen and oxygen atoms in total. The number of unbranched alkanes of at least 4 members (excludes halogenated alkanes) is 4. The van der Waals surface area contributed by atoms with Crippen LogP contribution in [0.2, 0.25) is 0 Å². The van der Waals surface area contributed by atoms with Gasteiger partial charge in [0, 0.05) is 7.11 Å². The lowest BCUT2D eigenvalue weighted by molar-refractivity contribution is -0.0117. The van der Waals surface area contributed by atoms with Gasteiger partial charge in [0.1, 0.15) is 0 Å². The molecule has 0 fully saturated rings. The lowest BCUT2D eigenvalue weighted by Gasteiger charge is -2.28. The minimum absolute atomic E-state index is 0.143. The Morgan fingerprint density at radius 2 is 1.43 bits per heavy atom. The largest absolute Gasteiger partial charge is 0.379 e. The second-order valence-electron chi connectivity index (χ2n) is 4.57. The summed E-state index contributed by atoms with van der Waals surface area (Å²) >= 11 is 0. The highest BCUT2D eigenvalue weighted by Crippen LogP contribution is 2.24. The van der Waals surface area contributed by atoms with Gasteiger partial charge in [0.2, 0.25) is 0 Å². The molecule has 1 atom stereocenters. The van der Waals surface area contributed by atoms with Crippen LogP contribution in [0.15, 0.2) is 0 Å². The summed E-state index contributed by atoms with van der Waals surface area (Å²) in [6, 6.07) is 0. The maximum Gasteiger partial charge on any atom is 0.0650 e. The Balaban J connectivity index is 3.63. The summed E-state index contributed by atoms with van der Waals surface area (Å²) in [5.41, 5.74) is 0.143. The molecule has 0 N–H and O–H groups in total. The van der Waals surface area contributed by atoms with Crippen molar-refractivity contribution < 1.29 is 4.74 Å². The SMILES string of the molecule is CCCCCCC(C)(CCCC)OC. The van der Waals surface area contributed by atoms with Crippen molar-refractivity contribution in [1.82, 2.24) is 0 Å². The van der Waals surface area contributed by atoms with Gasteiger partial charge in [0.15, 0.2) is 0 Å². The van der Waals surface area contributed by atoms with E-state index in [9.17, 15) is 0 Å². The molecule has 0 aromatic carbocycles. The van der Waals surface area contributed by atoms with Crippen LogP contribution in [0, 0.1) is 0 Å². The predicted molar refractivity (Wildman–Crippen MR) is 63.7 cm³/mol. The van der Waals surface area contributed by atoms with Gasteiger partial charge >= 0.3 is 0 Å². The molecule has 1 heteroatoms. The van der Waals surface area contributed by atoms with Crippen LogP contribution in [0.1, 0.15) is 72.1 Å². The molecule has 0 saturated heterocycles. The molecule has 0 heterocycles. The number of hydrogen-bond acceptors (Lipinski definition) is 1. The minimum atomic E-state index is 0.143. The Kier molecular flexibility index (Phi) is 8.26. The molecule has 0 amide bonds. The van der Waals surface area contributed by atoms with Gasteiger partial charge in [-0.15, -0.1) is 0 Å². The molecule has 1 unspecified atom stereocenters. The van der Waals surface area contributed by atoms with Gasteiger partial charge in [-0.05, 0) is 19.8 Å². The molecule has 14 heavy (non-hydrogen) atoms. The average molecular weight is 200 g/mol. The van der Waals surface area contributed by atoms with E-state index in [0.29, 0.717) is 0 Å². The zero-order chi connectivity index (χ0) is 10.9. The molecule has 0 aromatic rings. The summed E-state index contributed by atoms with van der Waals surface area (Å²) in [5, 5.41) is 0. The summed E-state index contributed by atoms with van der Waals surface area (Å²) in [7, 11) is 1.86. The first-order valence-electron chi connectivity index (χ1n) is 6.23. The molecule has 0 bridgehead atoms. The molecule has 0 aromatic heterocycles. The van der Waals surface area contributed by atoms with E-state index in [4.69, 9.17) is 4.74 Å². The summed E-state index contributed by atoms with van der Waals surface area (Å²) < 4.78 is 5.62. The average Bonchev–Trinajstić information content (AvgIpc) is 2.22. The smallest absolute Gasteiger partial charge is 0.0650 e. The van der Waals surface area contributed by atoms with Gasteiger partial charge < -0.3 is 4.74 Å². The van der Waals surface area contributed by atoms with Gasteiger partial charge in [0.25, 0.3) is 0 Å². The third-order valence-electron chi connectivity index (χ3n) is 3.11. The number of rotatable bonds is 9. The maximum atomic E-state index is 5.62. The van der Waals surface area contributed by atoms with E-state index >= 15 is 0 Å². The monoisotopic (exact) mass is 200 g/mol. The van der Waals surface area contributed by atoms with Crippen LogP contribution in [0.3, 0.4) is 0 Å². The lowest BCUT2D eigenvalue weighted by atomic mass is 9.92. The van der Waals surface area contributed by atoms with Crippen molar-refractivity contribution in [1.29, 1.82) is 0 Å². The highest BCUT2D eigenvalue weighted by atomic mass is 16.5. The van der Waals surface area contributed by atoms with Gasteiger partial charge in [-0.1, -0.05) is 52.4 Å². The Morgan fingerprint density at radius 3 is 1.93 bits per heavy atom. The third-order valence-corrected chi connectivity index (χ3v) is 3.11. The fraction of sp³-hybridized carbons (Fsp3) is 1.00. The van der Waals surface area contributed by atoms with E-state index in [-0.39, 0.29) is 5.60 Å². The fourth-order valence-electron chi connectivity index (χ4n) is 1.81. The van der Waals surface area contributed by atoms with E-state index in [2.05, 4.69) is 20.8 Å². The van der Waals surface area contributed by atoms with Crippen molar-refractivity contribution in [3.63, 3.8) is 0 Å². The van der Waals surface area contributed by atoms with Crippen molar-refractivity contribution in [3.05, 3.63) is 0 Å². The third kappa shape index (κ3) is 6.42. The first-order valence-corrected chi connectivity index (χ1v) is 6.23. The molecule has 0 saturated carbocycles. The minimum Gasteiger partial charge on any atom is -0.379 e. The van der Waals surface area contributed by atoms with E-state index in [0.717, 1.165) is 0 Å². The molecule has 0 aliphatic heterocycles. The summed E-state index contributed by atoms with van der Waals surface area (Å²) in [6.45, 7) is 6.76. The summed E-state index contributed by atoms with van der Waals surface area (Å²) in [4.78, 5) is 0. The van der Waals surface area contributed by atoms with Crippen LogP contribution in [-0.4, -0.2) is 12.7 Å². The van der Waals surface area contributed by atoms with E-state index in [1.54, 1.807) is 0 Å². The highest BCUT2D eigenvalue weighted by Gasteiger charge is 2.21. The van der Waals surface area contributed by atoms with Crippen LogP contribution in [-0.2, 0) is 4.74 Å². The normalized spacial score (nSPS) is 15.4. The van der Waals surface area contributed by atoms with Gasteiger partial charge in [-0.3, -0.25) is 0 Å². The van der Waals surface area contributed by atoms with Crippen molar-refractivity contribution in [2.75, 3.05) is 7.11 Å². The van der Waals surface area contributed by atoms with Crippen LogP contribution >= 0.6 is 0 Å². The maximum absolute atomic E-state index is 5.62. The zero-order valence-corrected chi connectivity index (χ0v) is 10.6. The number of hydrogen-bond donors (Lipinski definition) is 0. The quantitative estimate of drug-likeness (QED) is 0.496. The Bertz CT molecular complexity index is 122. The zero-order valence-electron chi connectivity index (χ0n) is 10.6. The summed E-state index contributed by atoms with van der Waals surface area (Å²) in [6.07, 6.45) is 10.4. The van der Waals surface area contributed by atoms with Crippen LogP contribution in [0.4, 0.5) is 0 Å². The van der Waals surface area contributed by atoms with E-state index in [1.807, 2.05) is 7.11 Å². The van der Waals surface area contributed by atoms with Crippen molar-refractivity contribution in [2.45, 2.75) is 77.7 Å². The van der Waals surface area contributed by atoms with Gasteiger partial charge in [-0.2, -0.15) is 0 Å². The first-order chi connectivity index (χ1) is 6.68. The van der Waals surface area contributed by atoms with Crippen LogP contribution in [0.5, 0.6) is 0 Å². The molecule has 0 spiro atoms. The fourth-order valence-corrected chi connectivity index (χ4v) is 1.81. The van der Waals surface area contributed by atoms with Crippen molar-refractivity contribution >= 4 is 0 Å². The molecule has 86 valence electrons. The molecule has 0 aliphatic carbocycles. The topological polar surface area (TPSA) is 9.23 Å². The van der Waals surface area contributed by atoms with E-state index in [1.165, 1.54) is 51.4 Å². The highest BCUT2D eigenvalue weighted by molar-refractivity contribution is 4.74. The molecule has 0 aliphatic rings. The van der Waals surface area contributed by atoms with Gasteiger partial charge in [0.05, 0.1) is 5.60 Å². The second-order valence-corrected chi connectivity index (χ2v) is 4.57. The summed E-state index contributed by atoms with van der Waals surface area (Å²) in [5.74, 6) is 0. The first kappa shape index (κ1) is 14.0. The molecule has 0 radical (unpaired) electrons. The Hall–Kier alpha value is -0.0400. The lowest BCUT2D eigenvalue weighted by Crippen LogP contribution is -2.26. The van der Waals surface area contributed by atoms with Crippen molar-refractivity contribution in [2.24, 2.45) is 0 Å². The molecule has 0 rings (SSSR count). The Labute approximate surface area is 90.2 Å². The van der Waals surface area contributed by atoms with E-state index < -0.39 is 0 Å². The second kappa shape index (κ2) is 8.28. The van der Waals surface area contributed by atoms with Gasteiger partial charge in [-0.25, -0.2) is 0 Å².